The van der Waals surface area contributed by atoms with E-state index in [4.69, 9.17) is 14.6 Å². The quantitative estimate of drug-likeness (QED) is 0.556. The summed E-state index contributed by atoms with van der Waals surface area (Å²) < 4.78 is 36.9. The Hall–Kier alpha value is -2.98. The van der Waals surface area contributed by atoms with Crippen molar-refractivity contribution in [2.45, 2.75) is 58.4 Å². The van der Waals surface area contributed by atoms with Gasteiger partial charge in [-0.05, 0) is 58.2 Å². The van der Waals surface area contributed by atoms with E-state index < -0.39 is 23.8 Å². The van der Waals surface area contributed by atoms with Gasteiger partial charge in [-0.3, -0.25) is 10.2 Å². The molecule has 1 aromatic rings. The monoisotopic (exact) mass is 419 g/mol. The zero-order chi connectivity index (χ0) is 22.4. The molecule has 29 heavy (non-hydrogen) atoms. The number of hydrazine groups is 1. The Morgan fingerprint density at radius 2 is 1.69 bits per heavy atom. The van der Waals surface area contributed by atoms with Gasteiger partial charge in [0.25, 0.3) is 5.91 Å². The molecule has 1 aliphatic rings. The number of nitrogens with one attached hydrogen (secondary N) is 3. The van der Waals surface area contributed by atoms with E-state index >= 15 is 0 Å². The average molecular weight is 419 g/mol. The Morgan fingerprint density at radius 1 is 1.14 bits per heavy atom. The van der Waals surface area contributed by atoms with Gasteiger partial charge in [-0.25, -0.2) is 15.0 Å². The van der Waals surface area contributed by atoms with Gasteiger partial charge in [-0.15, -0.1) is 0 Å². The number of aryl methyl sites for hydroxylation is 1. The molecule has 0 aromatic heterocycles. The minimum Gasteiger partial charge on any atom is -0.475 e. The van der Waals surface area contributed by atoms with Crippen molar-refractivity contribution in [3.8, 4) is 0 Å². The van der Waals surface area contributed by atoms with Crippen LogP contribution < -0.4 is 16.2 Å². The van der Waals surface area contributed by atoms with Crippen molar-refractivity contribution in [2.24, 2.45) is 0 Å². The number of rotatable bonds is 4. The smallest absolute Gasteiger partial charge is 0.475 e. The summed E-state index contributed by atoms with van der Waals surface area (Å²) in [5.74, 6) is -2.85. The summed E-state index contributed by atoms with van der Waals surface area (Å²) in [7, 11) is 0. The maximum absolute atomic E-state index is 12.0. The largest absolute Gasteiger partial charge is 0.490 e. The summed E-state index contributed by atoms with van der Waals surface area (Å²) in [4.78, 5) is 32.6. The number of carbonyl (C=O) groups is 3. The van der Waals surface area contributed by atoms with Crippen molar-refractivity contribution in [1.82, 2.24) is 10.7 Å². The number of alkyl halides is 3. The first-order chi connectivity index (χ1) is 13.2. The molecule has 162 valence electrons. The number of benzene rings is 1. The van der Waals surface area contributed by atoms with Crippen LogP contribution >= 0.6 is 0 Å². The summed E-state index contributed by atoms with van der Waals surface area (Å²) in [6.45, 7) is 7.27. The Labute approximate surface area is 165 Å². The number of anilines is 1. The standard InChI is InChI=1S/C16H23N3O3.C2HF3O2/c1-10-5-6-11(14(20)17-12-7-8-12)9-13(10)18-19-15(21)22-16(2,3)4;3-2(4,5)1(6)7/h5-6,9,12,18H,7-8H2,1-4H3,(H,17,20)(H,19,21);(H,6,7). The number of halogens is 3. The van der Waals surface area contributed by atoms with Gasteiger partial charge in [0.15, 0.2) is 0 Å². The lowest BCUT2D eigenvalue weighted by molar-refractivity contribution is -0.192. The van der Waals surface area contributed by atoms with Gasteiger partial charge < -0.3 is 15.2 Å². The van der Waals surface area contributed by atoms with E-state index in [0.717, 1.165) is 18.4 Å². The van der Waals surface area contributed by atoms with Crippen LogP contribution in [0.25, 0.3) is 0 Å². The lowest BCUT2D eigenvalue weighted by atomic mass is 10.1. The molecule has 0 heterocycles. The molecule has 2 amide bonds. The fourth-order valence-electron chi connectivity index (χ4n) is 1.82. The zero-order valence-corrected chi connectivity index (χ0v) is 16.4. The van der Waals surface area contributed by atoms with Crippen LogP contribution in [0.1, 0.15) is 49.5 Å². The normalized spacial score (nSPS) is 13.5. The van der Waals surface area contributed by atoms with E-state index in [9.17, 15) is 22.8 Å². The fourth-order valence-corrected chi connectivity index (χ4v) is 1.82. The third-order valence-electron chi connectivity index (χ3n) is 3.35. The third kappa shape index (κ3) is 9.67. The summed E-state index contributed by atoms with van der Waals surface area (Å²) in [5, 5.41) is 10.1. The third-order valence-corrected chi connectivity index (χ3v) is 3.35. The van der Waals surface area contributed by atoms with Crippen LogP contribution in [-0.2, 0) is 9.53 Å². The molecule has 0 bridgehead atoms. The van der Waals surface area contributed by atoms with Crippen LogP contribution in [0.5, 0.6) is 0 Å². The van der Waals surface area contributed by atoms with E-state index in [-0.39, 0.29) is 5.91 Å². The summed E-state index contributed by atoms with van der Waals surface area (Å²) >= 11 is 0. The van der Waals surface area contributed by atoms with E-state index in [0.29, 0.717) is 17.3 Å². The number of carboxylic acids is 1. The first-order valence-corrected chi connectivity index (χ1v) is 8.65. The number of carboxylic acid groups (broad SMARTS) is 1. The van der Waals surface area contributed by atoms with Crippen molar-refractivity contribution in [1.29, 1.82) is 0 Å². The number of amides is 2. The molecule has 8 nitrogen and oxygen atoms in total. The van der Waals surface area contributed by atoms with E-state index in [1.54, 1.807) is 32.9 Å². The molecule has 11 heteroatoms. The second kappa shape index (κ2) is 9.48. The first kappa shape index (κ1) is 24.1. The maximum atomic E-state index is 12.0. The molecule has 1 saturated carbocycles. The molecular weight excluding hydrogens is 395 g/mol. The Bertz CT molecular complexity index is 756. The van der Waals surface area contributed by atoms with Crippen LogP contribution in [0, 0.1) is 6.92 Å². The van der Waals surface area contributed by atoms with Gasteiger partial charge in [0.05, 0.1) is 5.69 Å². The predicted molar refractivity (Wildman–Crippen MR) is 98.4 cm³/mol. The number of hydrogen-bond acceptors (Lipinski definition) is 5. The van der Waals surface area contributed by atoms with E-state index in [1.807, 2.05) is 13.0 Å². The number of hydrogen-bond donors (Lipinski definition) is 4. The molecule has 0 spiro atoms. The Kier molecular flexibility index (Phi) is 7.87. The molecule has 0 atom stereocenters. The molecule has 4 N–H and O–H groups in total. The molecule has 0 saturated heterocycles. The highest BCUT2D eigenvalue weighted by molar-refractivity contribution is 5.95. The van der Waals surface area contributed by atoms with E-state index in [1.165, 1.54) is 0 Å². The van der Waals surface area contributed by atoms with Crippen molar-refractivity contribution < 1.29 is 37.4 Å². The van der Waals surface area contributed by atoms with Gasteiger partial charge in [-0.2, -0.15) is 13.2 Å². The van der Waals surface area contributed by atoms with Crippen LogP contribution in [0.4, 0.5) is 23.7 Å². The summed E-state index contributed by atoms with van der Waals surface area (Å²) in [6.07, 6.45) is -3.56. The van der Waals surface area contributed by atoms with Crippen LogP contribution in [-0.4, -0.2) is 40.9 Å². The van der Waals surface area contributed by atoms with Crippen LogP contribution in [0.3, 0.4) is 0 Å². The van der Waals surface area contributed by atoms with E-state index in [2.05, 4.69) is 16.2 Å². The molecule has 1 aromatic carbocycles. The first-order valence-electron chi connectivity index (χ1n) is 8.65. The predicted octanol–water partition coefficient (Wildman–Crippen LogP) is 3.37. The van der Waals surface area contributed by atoms with Gasteiger partial charge in [0, 0.05) is 11.6 Å². The fraction of sp³-hybridized carbons (Fsp3) is 0.500. The summed E-state index contributed by atoms with van der Waals surface area (Å²) in [6, 6.07) is 5.63. The highest BCUT2D eigenvalue weighted by atomic mass is 19.4. The lowest BCUT2D eigenvalue weighted by Crippen LogP contribution is -2.36. The van der Waals surface area contributed by atoms with Crippen molar-refractivity contribution in [3.63, 3.8) is 0 Å². The minimum absolute atomic E-state index is 0.0946. The number of carbonyl (C=O) groups excluding carboxylic acids is 2. The lowest BCUT2D eigenvalue weighted by Gasteiger charge is -2.20. The van der Waals surface area contributed by atoms with Crippen molar-refractivity contribution in [2.75, 3.05) is 5.43 Å². The Morgan fingerprint density at radius 3 is 2.14 bits per heavy atom. The second-order valence-electron chi connectivity index (χ2n) is 7.33. The summed E-state index contributed by atoms with van der Waals surface area (Å²) in [5.41, 5.74) is 6.84. The van der Waals surface area contributed by atoms with Crippen molar-refractivity contribution in [3.05, 3.63) is 29.3 Å². The van der Waals surface area contributed by atoms with Crippen molar-refractivity contribution >= 4 is 23.7 Å². The molecule has 2 rings (SSSR count). The second-order valence-corrected chi connectivity index (χ2v) is 7.33. The molecule has 1 fully saturated rings. The molecular formula is C18H24F3N3O5. The molecule has 1 aliphatic carbocycles. The average Bonchev–Trinajstić information content (AvgIpc) is 3.36. The number of aliphatic carboxylic acids is 1. The molecule has 0 unspecified atom stereocenters. The van der Waals surface area contributed by atoms with Gasteiger partial charge in [-0.1, -0.05) is 6.07 Å². The maximum Gasteiger partial charge on any atom is 0.490 e. The van der Waals surface area contributed by atoms with Gasteiger partial charge in [0.2, 0.25) is 0 Å². The van der Waals surface area contributed by atoms with Crippen LogP contribution in [0.15, 0.2) is 18.2 Å². The molecule has 0 aliphatic heterocycles. The Balaban J connectivity index is 0.000000516. The SMILES string of the molecule is Cc1ccc(C(=O)NC2CC2)cc1NNC(=O)OC(C)(C)C.O=C(O)C(F)(F)F. The minimum atomic E-state index is -5.08. The van der Waals surface area contributed by atoms with Gasteiger partial charge in [0.1, 0.15) is 5.60 Å². The zero-order valence-electron chi connectivity index (χ0n) is 16.4. The number of ether oxygens (including phenoxy) is 1. The molecule has 0 radical (unpaired) electrons. The highest BCUT2D eigenvalue weighted by Gasteiger charge is 2.38. The topological polar surface area (TPSA) is 117 Å². The van der Waals surface area contributed by atoms with Gasteiger partial charge >= 0.3 is 18.2 Å². The van der Waals surface area contributed by atoms with Crippen LogP contribution in [0.2, 0.25) is 0 Å². The highest BCUT2D eigenvalue weighted by Crippen LogP contribution is 2.21.